The molecule has 1 aliphatic rings. The minimum Gasteiger partial charge on any atom is -0.448 e. The highest BCUT2D eigenvalue weighted by Crippen LogP contribution is 2.15. The Morgan fingerprint density at radius 3 is 2.75 bits per heavy atom. The molecule has 1 fully saturated rings. The maximum absolute atomic E-state index is 12.1. The third-order valence-corrected chi connectivity index (χ3v) is 3.88. The number of likely N-dealkylation sites (tertiary alicyclic amines) is 1. The molecule has 0 amide bonds. The average molecular weight is 272 g/mol. The third-order valence-electron chi connectivity index (χ3n) is 3.88. The lowest BCUT2D eigenvalue weighted by Crippen LogP contribution is -2.33. The topological polar surface area (TPSA) is 34.5 Å². The van der Waals surface area contributed by atoms with Gasteiger partial charge in [0.05, 0.1) is 5.52 Å². The Kier molecular flexibility index (Phi) is 4.02. The Morgan fingerprint density at radius 2 is 1.90 bits per heavy atom. The Morgan fingerprint density at radius 1 is 1.10 bits per heavy atom. The van der Waals surface area contributed by atoms with Crippen molar-refractivity contribution in [2.24, 2.45) is 0 Å². The Bertz CT molecular complexity index is 585. The van der Waals surface area contributed by atoms with Gasteiger partial charge in [0.15, 0.2) is 0 Å². The smallest absolute Gasteiger partial charge is 0.418 e. The zero-order valence-corrected chi connectivity index (χ0v) is 11.6. The van der Waals surface area contributed by atoms with Gasteiger partial charge in [-0.1, -0.05) is 24.6 Å². The first kappa shape index (κ1) is 13.2. The Hall–Kier alpha value is -1.81. The zero-order valence-electron chi connectivity index (χ0n) is 11.6. The van der Waals surface area contributed by atoms with E-state index in [1.165, 1.54) is 19.3 Å². The van der Waals surface area contributed by atoms with Crippen LogP contribution in [0.15, 0.2) is 36.5 Å². The van der Waals surface area contributed by atoms with Crippen LogP contribution in [0.25, 0.3) is 10.9 Å². The maximum atomic E-state index is 12.1. The molecule has 0 radical (unpaired) electrons. The summed E-state index contributed by atoms with van der Waals surface area (Å²) < 4.78 is 6.95. The van der Waals surface area contributed by atoms with Crippen molar-refractivity contribution >= 4 is 17.0 Å². The summed E-state index contributed by atoms with van der Waals surface area (Å²) >= 11 is 0. The van der Waals surface area contributed by atoms with Gasteiger partial charge < -0.3 is 4.74 Å². The molecule has 1 saturated heterocycles. The average Bonchev–Trinajstić information content (AvgIpc) is 2.92. The van der Waals surface area contributed by atoms with Gasteiger partial charge in [-0.15, -0.1) is 0 Å². The van der Waals surface area contributed by atoms with E-state index in [4.69, 9.17) is 4.74 Å². The first-order valence-electron chi connectivity index (χ1n) is 7.30. The second-order valence-corrected chi connectivity index (χ2v) is 5.26. The number of hydrogen-bond donors (Lipinski definition) is 0. The number of piperidine rings is 1. The summed E-state index contributed by atoms with van der Waals surface area (Å²) in [6.07, 6.45) is 5.33. The molecule has 4 nitrogen and oxygen atoms in total. The molecule has 0 spiro atoms. The van der Waals surface area contributed by atoms with Crippen LogP contribution in [-0.4, -0.2) is 41.8 Å². The number of ether oxygens (including phenoxy) is 1. The van der Waals surface area contributed by atoms with E-state index in [0.29, 0.717) is 6.61 Å². The van der Waals surface area contributed by atoms with E-state index in [0.717, 1.165) is 30.5 Å². The quantitative estimate of drug-likeness (QED) is 0.861. The third kappa shape index (κ3) is 2.85. The predicted molar refractivity (Wildman–Crippen MR) is 79.0 cm³/mol. The van der Waals surface area contributed by atoms with E-state index in [9.17, 15) is 4.79 Å². The van der Waals surface area contributed by atoms with Crippen LogP contribution < -0.4 is 0 Å². The van der Waals surface area contributed by atoms with Gasteiger partial charge in [0.1, 0.15) is 6.61 Å². The van der Waals surface area contributed by atoms with Crippen LogP contribution in [0.2, 0.25) is 0 Å². The number of rotatable bonds is 3. The lowest BCUT2D eigenvalue weighted by Gasteiger charge is -2.25. The van der Waals surface area contributed by atoms with E-state index in [2.05, 4.69) is 4.90 Å². The molecule has 106 valence electrons. The van der Waals surface area contributed by atoms with Gasteiger partial charge in [0, 0.05) is 18.1 Å². The molecule has 3 rings (SSSR count). The molecule has 1 aromatic heterocycles. The number of para-hydroxylation sites is 1. The zero-order chi connectivity index (χ0) is 13.8. The van der Waals surface area contributed by atoms with Crippen molar-refractivity contribution in [2.75, 3.05) is 26.2 Å². The summed E-state index contributed by atoms with van der Waals surface area (Å²) in [5, 5.41) is 1.06. The summed E-state index contributed by atoms with van der Waals surface area (Å²) in [6, 6.07) is 9.75. The maximum Gasteiger partial charge on any atom is 0.418 e. The number of carbonyl (C=O) groups excluding carboxylic acids is 1. The van der Waals surface area contributed by atoms with Gasteiger partial charge in [0.2, 0.25) is 0 Å². The number of hydrogen-bond acceptors (Lipinski definition) is 3. The standard InChI is InChI=1S/C16H20N2O2/c19-16(20-13-12-17-9-4-1-5-10-17)18-11-8-14-6-2-3-7-15(14)18/h2-3,6-8,11H,1,4-5,9-10,12-13H2. The van der Waals surface area contributed by atoms with Crippen molar-refractivity contribution in [1.29, 1.82) is 0 Å². The van der Waals surface area contributed by atoms with Crippen LogP contribution in [0.5, 0.6) is 0 Å². The van der Waals surface area contributed by atoms with Gasteiger partial charge in [-0.25, -0.2) is 4.79 Å². The number of aromatic nitrogens is 1. The van der Waals surface area contributed by atoms with Gasteiger partial charge in [-0.2, -0.15) is 0 Å². The van der Waals surface area contributed by atoms with Crippen molar-refractivity contribution in [3.8, 4) is 0 Å². The Balaban J connectivity index is 1.56. The monoisotopic (exact) mass is 272 g/mol. The second-order valence-electron chi connectivity index (χ2n) is 5.26. The summed E-state index contributed by atoms with van der Waals surface area (Å²) in [4.78, 5) is 14.4. The molecule has 1 aliphatic heterocycles. The van der Waals surface area contributed by atoms with Crippen molar-refractivity contribution in [2.45, 2.75) is 19.3 Å². The van der Waals surface area contributed by atoms with E-state index >= 15 is 0 Å². The molecular weight excluding hydrogens is 252 g/mol. The van der Waals surface area contributed by atoms with E-state index in [-0.39, 0.29) is 6.09 Å². The lowest BCUT2D eigenvalue weighted by molar-refractivity contribution is 0.122. The van der Waals surface area contributed by atoms with Gasteiger partial charge >= 0.3 is 6.09 Å². The van der Waals surface area contributed by atoms with Crippen LogP contribution in [0.1, 0.15) is 19.3 Å². The largest absolute Gasteiger partial charge is 0.448 e. The SMILES string of the molecule is O=C(OCCN1CCCCC1)n1ccc2ccccc21. The van der Waals surface area contributed by atoms with Crippen LogP contribution in [0.3, 0.4) is 0 Å². The highest BCUT2D eigenvalue weighted by atomic mass is 16.5. The first-order chi connectivity index (χ1) is 9.84. The molecule has 2 aromatic rings. The molecule has 1 aromatic carbocycles. The van der Waals surface area contributed by atoms with E-state index in [1.807, 2.05) is 30.3 Å². The molecule has 0 saturated carbocycles. The van der Waals surface area contributed by atoms with Gasteiger partial charge in [-0.3, -0.25) is 9.47 Å². The minimum atomic E-state index is -0.289. The van der Waals surface area contributed by atoms with Gasteiger partial charge in [-0.05, 0) is 38.1 Å². The summed E-state index contributed by atoms with van der Waals surface area (Å²) in [5.74, 6) is 0. The lowest BCUT2D eigenvalue weighted by atomic mass is 10.1. The molecule has 0 N–H and O–H groups in total. The number of benzene rings is 1. The summed E-state index contributed by atoms with van der Waals surface area (Å²) in [6.45, 7) is 3.56. The molecular formula is C16H20N2O2. The number of nitrogens with zero attached hydrogens (tertiary/aromatic N) is 2. The van der Waals surface area contributed by atoms with Crippen LogP contribution in [0.4, 0.5) is 4.79 Å². The molecule has 2 heterocycles. The first-order valence-corrected chi connectivity index (χ1v) is 7.30. The van der Waals surface area contributed by atoms with Crippen molar-refractivity contribution in [3.63, 3.8) is 0 Å². The van der Waals surface area contributed by atoms with Gasteiger partial charge in [0.25, 0.3) is 0 Å². The molecule has 0 atom stereocenters. The minimum absolute atomic E-state index is 0.289. The number of fused-ring (bicyclic) bond motifs is 1. The fourth-order valence-electron chi connectivity index (χ4n) is 2.76. The molecule has 4 heteroatoms. The fraction of sp³-hybridized carbons (Fsp3) is 0.438. The summed E-state index contributed by atoms with van der Waals surface area (Å²) in [5.41, 5.74) is 0.899. The van der Waals surface area contributed by atoms with E-state index < -0.39 is 0 Å². The van der Waals surface area contributed by atoms with Crippen molar-refractivity contribution in [1.82, 2.24) is 9.47 Å². The van der Waals surface area contributed by atoms with E-state index in [1.54, 1.807) is 10.8 Å². The highest BCUT2D eigenvalue weighted by molar-refractivity contribution is 5.89. The Labute approximate surface area is 118 Å². The fourth-order valence-corrected chi connectivity index (χ4v) is 2.76. The molecule has 0 unspecified atom stereocenters. The van der Waals surface area contributed by atoms with Crippen molar-refractivity contribution in [3.05, 3.63) is 36.5 Å². The molecule has 0 bridgehead atoms. The molecule has 0 aliphatic carbocycles. The number of carbonyl (C=O) groups is 1. The van der Waals surface area contributed by atoms with Crippen LogP contribution >= 0.6 is 0 Å². The highest BCUT2D eigenvalue weighted by Gasteiger charge is 2.12. The second kappa shape index (κ2) is 6.09. The summed E-state index contributed by atoms with van der Waals surface area (Å²) in [7, 11) is 0. The van der Waals surface area contributed by atoms with Crippen LogP contribution in [-0.2, 0) is 4.74 Å². The van der Waals surface area contributed by atoms with Crippen molar-refractivity contribution < 1.29 is 9.53 Å². The predicted octanol–water partition coefficient (Wildman–Crippen LogP) is 3.11. The van der Waals surface area contributed by atoms with Crippen LogP contribution in [0, 0.1) is 0 Å². The normalized spacial score (nSPS) is 16.4. The molecule has 20 heavy (non-hydrogen) atoms.